The fraction of sp³-hybridized carbons (Fsp3) is 0.650. The van der Waals surface area contributed by atoms with E-state index in [1.54, 1.807) is 0 Å². The van der Waals surface area contributed by atoms with Gasteiger partial charge in [-0.05, 0) is 68.3 Å². The van der Waals surface area contributed by atoms with Gasteiger partial charge in [-0.15, -0.1) is 12.4 Å². The van der Waals surface area contributed by atoms with Gasteiger partial charge < -0.3 is 15.0 Å². The van der Waals surface area contributed by atoms with Crippen LogP contribution in [0.4, 0.5) is 0 Å². The van der Waals surface area contributed by atoms with Crippen LogP contribution in [0.5, 0.6) is 5.75 Å². The van der Waals surface area contributed by atoms with Crippen molar-refractivity contribution in [3.8, 4) is 5.75 Å². The van der Waals surface area contributed by atoms with Crippen molar-refractivity contribution < 1.29 is 9.53 Å². The molecule has 140 valence electrons. The monoisotopic (exact) mass is 366 g/mol. The minimum atomic E-state index is 0. The molecule has 0 aliphatic carbocycles. The van der Waals surface area contributed by atoms with E-state index in [0.29, 0.717) is 12.3 Å². The Labute approximate surface area is 157 Å². The van der Waals surface area contributed by atoms with Gasteiger partial charge in [-0.3, -0.25) is 4.79 Å². The Balaban J connectivity index is 0.00000225. The quantitative estimate of drug-likeness (QED) is 0.840. The molecule has 0 bridgehead atoms. The van der Waals surface area contributed by atoms with Crippen LogP contribution < -0.4 is 10.1 Å². The molecule has 2 saturated heterocycles. The van der Waals surface area contributed by atoms with Gasteiger partial charge in [0.1, 0.15) is 5.75 Å². The smallest absolute Gasteiger partial charge is 0.222 e. The summed E-state index contributed by atoms with van der Waals surface area (Å²) in [7, 11) is 0. The third-order valence-electron chi connectivity index (χ3n) is 5.40. The molecule has 2 aliphatic rings. The standard InChI is InChI=1S/C20H30N2O2.ClH/c1-2-13-24-19-6-3-16(4-7-19)5-8-20(23)22-11-9-17-14-21-15-18(17)10-12-22;/h3-4,6-7,17-18,21H,2,5,8-15H2,1H3;1H/t17-,18+;. The number of halogens is 1. The summed E-state index contributed by atoms with van der Waals surface area (Å²) in [5.74, 6) is 2.78. The first kappa shape index (κ1) is 20.1. The Morgan fingerprint density at radius 1 is 1.16 bits per heavy atom. The number of aryl methyl sites for hydroxylation is 1. The fourth-order valence-electron chi connectivity index (χ4n) is 3.85. The first-order chi connectivity index (χ1) is 11.8. The number of rotatable bonds is 6. The summed E-state index contributed by atoms with van der Waals surface area (Å²) >= 11 is 0. The first-order valence-electron chi connectivity index (χ1n) is 9.46. The molecule has 5 heteroatoms. The predicted octanol–water partition coefficient (Wildman–Crippen LogP) is 3.29. The topological polar surface area (TPSA) is 41.6 Å². The summed E-state index contributed by atoms with van der Waals surface area (Å²) in [6.45, 7) is 7.01. The summed E-state index contributed by atoms with van der Waals surface area (Å²) in [4.78, 5) is 14.6. The molecular formula is C20H31ClN2O2. The van der Waals surface area contributed by atoms with Crippen molar-refractivity contribution in [3.63, 3.8) is 0 Å². The number of ether oxygens (including phenoxy) is 1. The van der Waals surface area contributed by atoms with Crippen molar-refractivity contribution in [2.24, 2.45) is 11.8 Å². The molecular weight excluding hydrogens is 336 g/mol. The van der Waals surface area contributed by atoms with Crippen molar-refractivity contribution in [2.75, 3.05) is 32.8 Å². The fourth-order valence-corrected chi connectivity index (χ4v) is 3.85. The zero-order valence-electron chi connectivity index (χ0n) is 15.2. The minimum Gasteiger partial charge on any atom is -0.494 e. The lowest BCUT2D eigenvalue weighted by atomic mass is 9.92. The van der Waals surface area contributed by atoms with Crippen molar-refractivity contribution in [1.29, 1.82) is 0 Å². The van der Waals surface area contributed by atoms with Crippen molar-refractivity contribution in [3.05, 3.63) is 29.8 Å². The van der Waals surface area contributed by atoms with E-state index in [1.807, 2.05) is 12.1 Å². The molecule has 0 spiro atoms. The van der Waals surface area contributed by atoms with E-state index in [1.165, 1.54) is 5.56 Å². The van der Waals surface area contributed by atoms with Crippen LogP contribution in [0.25, 0.3) is 0 Å². The van der Waals surface area contributed by atoms with Crippen molar-refractivity contribution in [2.45, 2.75) is 39.0 Å². The zero-order valence-corrected chi connectivity index (χ0v) is 16.0. The average Bonchev–Trinajstić information content (AvgIpc) is 2.97. The molecule has 3 rings (SSSR count). The molecule has 0 unspecified atom stereocenters. The highest BCUT2D eigenvalue weighted by Crippen LogP contribution is 2.27. The number of nitrogens with zero attached hydrogens (tertiary/aromatic N) is 1. The number of carbonyl (C=O) groups is 1. The molecule has 0 radical (unpaired) electrons. The van der Waals surface area contributed by atoms with Gasteiger partial charge in [0.2, 0.25) is 5.91 Å². The number of amides is 1. The lowest BCUT2D eigenvalue weighted by Crippen LogP contribution is -2.32. The summed E-state index contributed by atoms with van der Waals surface area (Å²) in [5.41, 5.74) is 1.21. The normalized spacial score (nSPS) is 22.7. The third kappa shape index (κ3) is 5.61. The van der Waals surface area contributed by atoms with Crippen molar-refractivity contribution >= 4 is 18.3 Å². The Morgan fingerprint density at radius 2 is 1.80 bits per heavy atom. The Kier molecular flexibility index (Phi) is 8.04. The number of hydrogen-bond donors (Lipinski definition) is 1. The molecule has 2 atom stereocenters. The molecule has 1 aromatic rings. The highest BCUT2D eigenvalue weighted by atomic mass is 35.5. The van der Waals surface area contributed by atoms with Crippen LogP contribution >= 0.6 is 12.4 Å². The second-order valence-corrected chi connectivity index (χ2v) is 7.13. The largest absolute Gasteiger partial charge is 0.494 e. The van der Waals surface area contributed by atoms with Gasteiger partial charge in [-0.1, -0.05) is 19.1 Å². The second kappa shape index (κ2) is 10.0. The van der Waals surface area contributed by atoms with Gasteiger partial charge in [-0.25, -0.2) is 0 Å². The van der Waals surface area contributed by atoms with Crippen LogP contribution in [0, 0.1) is 11.8 Å². The minimum absolute atomic E-state index is 0. The van der Waals surface area contributed by atoms with Gasteiger partial charge in [0, 0.05) is 19.5 Å². The maximum absolute atomic E-state index is 12.5. The van der Waals surface area contributed by atoms with Gasteiger partial charge in [0.15, 0.2) is 0 Å². The predicted molar refractivity (Wildman–Crippen MR) is 103 cm³/mol. The van der Waals surface area contributed by atoms with E-state index in [0.717, 1.165) is 76.1 Å². The van der Waals surface area contributed by atoms with E-state index in [9.17, 15) is 4.79 Å². The van der Waals surface area contributed by atoms with Gasteiger partial charge in [0.05, 0.1) is 6.61 Å². The van der Waals surface area contributed by atoms with Crippen LogP contribution in [0.1, 0.15) is 38.2 Å². The number of fused-ring (bicyclic) bond motifs is 1. The van der Waals surface area contributed by atoms with Crippen LogP contribution in [-0.2, 0) is 11.2 Å². The molecule has 1 aromatic carbocycles. The van der Waals surface area contributed by atoms with Crippen LogP contribution in [-0.4, -0.2) is 43.6 Å². The lowest BCUT2D eigenvalue weighted by Gasteiger charge is -2.21. The highest BCUT2D eigenvalue weighted by molar-refractivity contribution is 5.85. The van der Waals surface area contributed by atoms with Gasteiger partial charge in [-0.2, -0.15) is 0 Å². The molecule has 2 heterocycles. The number of likely N-dealkylation sites (tertiary alicyclic amines) is 1. The summed E-state index contributed by atoms with van der Waals surface area (Å²) in [6.07, 6.45) is 4.77. The average molecular weight is 367 g/mol. The Bertz CT molecular complexity index is 521. The van der Waals surface area contributed by atoms with Gasteiger partial charge in [0.25, 0.3) is 0 Å². The number of nitrogens with one attached hydrogen (secondary N) is 1. The molecule has 25 heavy (non-hydrogen) atoms. The third-order valence-corrected chi connectivity index (χ3v) is 5.40. The molecule has 2 fully saturated rings. The van der Waals surface area contributed by atoms with Crippen LogP contribution in [0.2, 0.25) is 0 Å². The second-order valence-electron chi connectivity index (χ2n) is 7.13. The number of benzene rings is 1. The van der Waals surface area contributed by atoms with E-state index in [-0.39, 0.29) is 12.4 Å². The van der Waals surface area contributed by atoms with Crippen LogP contribution in [0.3, 0.4) is 0 Å². The molecule has 1 N–H and O–H groups in total. The van der Waals surface area contributed by atoms with Gasteiger partial charge >= 0.3 is 0 Å². The lowest BCUT2D eigenvalue weighted by molar-refractivity contribution is -0.131. The molecule has 0 aromatic heterocycles. The molecule has 0 saturated carbocycles. The summed E-state index contributed by atoms with van der Waals surface area (Å²) in [5, 5.41) is 3.49. The van der Waals surface area contributed by atoms with Crippen molar-refractivity contribution in [1.82, 2.24) is 10.2 Å². The van der Waals surface area contributed by atoms with Crippen LogP contribution in [0.15, 0.2) is 24.3 Å². The highest BCUT2D eigenvalue weighted by Gasteiger charge is 2.31. The maximum Gasteiger partial charge on any atom is 0.222 e. The number of carbonyl (C=O) groups excluding carboxylic acids is 1. The van der Waals surface area contributed by atoms with E-state index in [4.69, 9.17) is 4.74 Å². The number of hydrogen-bond acceptors (Lipinski definition) is 3. The molecule has 2 aliphatic heterocycles. The zero-order chi connectivity index (χ0) is 16.8. The molecule has 4 nitrogen and oxygen atoms in total. The SMILES string of the molecule is CCCOc1ccc(CCC(=O)N2CC[C@@H]3CNC[C@@H]3CC2)cc1.Cl. The van der Waals surface area contributed by atoms with E-state index in [2.05, 4.69) is 29.3 Å². The maximum atomic E-state index is 12.5. The summed E-state index contributed by atoms with van der Waals surface area (Å²) < 4.78 is 5.60. The van der Waals surface area contributed by atoms with E-state index < -0.39 is 0 Å². The Hall–Kier alpha value is -1.26. The molecule has 1 amide bonds. The Morgan fingerprint density at radius 3 is 2.40 bits per heavy atom. The summed E-state index contributed by atoms with van der Waals surface area (Å²) in [6, 6.07) is 8.18. The van der Waals surface area contributed by atoms with E-state index >= 15 is 0 Å². The first-order valence-corrected chi connectivity index (χ1v) is 9.46.